The molecule has 1 aliphatic rings. The highest BCUT2D eigenvalue weighted by Crippen LogP contribution is 2.26. The van der Waals surface area contributed by atoms with Crippen LogP contribution in [0.4, 0.5) is 4.79 Å². The fourth-order valence-corrected chi connectivity index (χ4v) is 2.03. The number of fused-ring (bicyclic) bond motifs is 1. The van der Waals surface area contributed by atoms with Crippen molar-refractivity contribution in [3.8, 4) is 0 Å². The normalized spacial score (nSPS) is 19.1. The number of hydrogen-bond donors (Lipinski definition) is 2. The third-order valence-corrected chi connectivity index (χ3v) is 2.67. The second-order valence-corrected chi connectivity index (χ2v) is 3.65. The topological polar surface area (TPSA) is 62.2 Å². The molecule has 2 N–H and O–H groups in total. The Bertz CT molecular complexity index is 381. The Morgan fingerprint density at radius 1 is 1.64 bits per heavy atom. The van der Waals surface area contributed by atoms with Gasteiger partial charge in [-0.2, -0.15) is 0 Å². The minimum Gasteiger partial charge on any atom is -0.465 e. The molecule has 0 saturated heterocycles. The molecule has 4 nitrogen and oxygen atoms in total. The Kier molecular flexibility index (Phi) is 2.29. The van der Waals surface area contributed by atoms with Crippen LogP contribution >= 0.6 is 11.6 Å². The summed E-state index contributed by atoms with van der Waals surface area (Å²) in [5, 5.41) is 11.5. The quantitative estimate of drug-likeness (QED) is 0.693. The predicted molar refractivity (Wildman–Crippen MR) is 51.6 cm³/mol. The van der Waals surface area contributed by atoms with Gasteiger partial charge in [-0.25, -0.2) is 9.78 Å². The molecular weight excluding hydrogens is 204 g/mol. The minimum absolute atomic E-state index is 0.0656. The lowest BCUT2D eigenvalue weighted by Gasteiger charge is -2.07. The highest BCUT2D eigenvalue weighted by molar-refractivity contribution is 6.30. The van der Waals surface area contributed by atoms with Gasteiger partial charge in [-0.1, -0.05) is 11.6 Å². The molecule has 1 atom stereocenters. The molecule has 1 unspecified atom stereocenters. The van der Waals surface area contributed by atoms with Crippen LogP contribution in [0.15, 0.2) is 12.3 Å². The van der Waals surface area contributed by atoms with E-state index in [-0.39, 0.29) is 6.04 Å². The molecule has 0 aromatic carbocycles. The molecule has 0 aliphatic heterocycles. The second-order valence-electron chi connectivity index (χ2n) is 3.29. The Hall–Kier alpha value is -1.29. The van der Waals surface area contributed by atoms with Gasteiger partial charge in [0.25, 0.3) is 0 Å². The first-order chi connectivity index (χ1) is 6.66. The van der Waals surface area contributed by atoms with Crippen molar-refractivity contribution in [2.24, 2.45) is 0 Å². The summed E-state index contributed by atoms with van der Waals surface area (Å²) in [6.45, 7) is 0. The van der Waals surface area contributed by atoms with Crippen LogP contribution in [0.25, 0.3) is 0 Å². The highest BCUT2D eigenvalue weighted by Gasteiger charge is 2.24. The Balaban J connectivity index is 2.18. The van der Waals surface area contributed by atoms with Gasteiger partial charge in [0.2, 0.25) is 0 Å². The summed E-state index contributed by atoms with van der Waals surface area (Å²) in [7, 11) is 0. The van der Waals surface area contributed by atoms with E-state index in [1.165, 1.54) is 0 Å². The van der Waals surface area contributed by atoms with E-state index in [9.17, 15) is 4.79 Å². The van der Waals surface area contributed by atoms with E-state index in [1.807, 2.05) is 6.07 Å². The van der Waals surface area contributed by atoms with Crippen molar-refractivity contribution in [2.75, 3.05) is 0 Å². The number of rotatable bonds is 1. The number of hydrogen-bond acceptors (Lipinski definition) is 2. The molecule has 1 aromatic heterocycles. The maximum atomic E-state index is 10.4. The predicted octanol–water partition coefficient (Wildman–Crippen LogP) is 1.47. The van der Waals surface area contributed by atoms with Crippen molar-refractivity contribution < 1.29 is 9.90 Å². The molecule has 2 rings (SSSR count). The zero-order valence-corrected chi connectivity index (χ0v) is 8.08. The van der Waals surface area contributed by atoms with E-state index >= 15 is 0 Å². The van der Waals surface area contributed by atoms with Gasteiger partial charge < -0.3 is 10.4 Å². The number of nitrogens with zero attached hydrogens (tertiary/aromatic N) is 1. The first-order valence-electron chi connectivity index (χ1n) is 4.28. The number of nitrogens with one attached hydrogen (secondary N) is 1. The maximum absolute atomic E-state index is 10.4. The molecule has 14 heavy (non-hydrogen) atoms. The van der Waals surface area contributed by atoms with Crippen LogP contribution in [-0.2, 0) is 12.8 Å². The van der Waals surface area contributed by atoms with Gasteiger partial charge in [0, 0.05) is 12.2 Å². The summed E-state index contributed by atoms with van der Waals surface area (Å²) in [5.74, 6) is 0. The fourth-order valence-electron chi connectivity index (χ4n) is 1.77. The van der Waals surface area contributed by atoms with Crippen LogP contribution in [0.5, 0.6) is 0 Å². The molecule has 0 saturated carbocycles. The van der Waals surface area contributed by atoms with Crippen LogP contribution in [-0.4, -0.2) is 22.2 Å². The van der Waals surface area contributed by atoms with E-state index in [0.29, 0.717) is 18.0 Å². The largest absolute Gasteiger partial charge is 0.465 e. The number of halogens is 1. The average molecular weight is 213 g/mol. The second kappa shape index (κ2) is 3.46. The van der Waals surface area contributed by atoms with Gasteiger partial charge >= 0.3 is 6.09 Å². The van der Waals surface area contributed by atoms with Gasteiger partial charge in [-0.05, 0) is 30.0 Å². The molecule has 1 heterocycles. The first-order valence-corrected chi connectivity index (χ1v) is 4.66. The van der Waals surface area contributed by atoms with E-state index in [0.717, 1.165) is 11.1 Å². The summed E-state index contributed by atoms with van der Waals surface area (Å²) in [5.41, 5.74) is 2.05. The number of carboxylic acid groups (broad SMARTS) is 1. The van der Waals surface area contributed by atoms with Crippen LogP contribution in [0.2, 0.25) is 5.15 Å². The number of pyridine rings is 1. The molecule has 5 heteroatoms. The van der Waals surface area contributed by atoms with Crippen molar-refractivity contribution in [2.45, 2.75) is 18.9 Å². The molecule has 0 bridgehead atoms. The third-order valence-electron chi connectivity index (χ3n) is 2.34. The maximum Gasteiger partial charge on any atom is 0.404 e. The smallest absolute Gasteiger partial charge is 0.404 e. The molecule has 0 spiro atoms. The van der Waals surface area contributed by atoms with Crippen molar-refractivity contribution >= 4 is 17.7 Å². The van der Waals surface area contributed by atoms with Crippen molar-refractivity contribution in [1.82, 2.24) is 10.3 Å². The van der Waals surface area contributed by atoms with Crippen molar-refractivity contribution in [1.29, 1.82) is 0 Å². The molecule has 1 aliphatic carbocycles. The van der Waals surface area contributed by atoms with Crippen molar-refractivity contribution in [3.63, 3.8) is 0 Å². The third kappa shape index (κ3) is 1.65. The molecule has 1 amide bonds. The molecule has 0 fully saturated rings. The lowest BCUT2D eigenvalue weighted by Crippen LogP contribution is -2.33. The summed E-state index contributed by atoms with van der Waals surface area (Å²) >= 11 is 5.89. The summed E-state index contributed by atoms with van der Waals surface area (Å²) in [4.78, 5) is 14.4. The van der Waals surface area contributed by atoms with Gasteiger partial charge in [0.05, 0.1) is 0 Å². The highest BCUT2D eigenvalue weighted by atomic mass is 35.5. The van der Waals surface area contributed by atoms with Crippen LogP contribution in [0.1, 0.15) is 11.1 Å². The average Bonchev–Trinajstić information content (AvgIpc) is 2.47. The fraction of sp³-hybridized carbons (Fsp3) is 0.333. The SMILES string of the molecule is O=C(O)NC1Cc2ccnc(Cl)c2C1. The summed E-state index contributed by atoms with van der Waals surface area (Å²) in [6, 6.07) is 1.81. The van der Waals surface area contributed by atoms with Gasteiger partial charge in [-0.3, -0.25) is 0 Å². The molecule has 74 valence electrons. The van der Waals surface area contributed by atoms with Crippen LogP contribution in [0, 0.1) is 0 Å². The summed E-state index contributed by atoms with van der Waals surface area (Å²) in [6.07, 6.45) is 1.98. The number of amides is 1. The molecule has 1 aromatic rings. The van der Waals surface area contributed by atoms with E-state index in [2.05, 4.69) is 10.3 Å². The Morgan fingerprint density at radius 3 is 3.07 bits per heavy atom. The first kappa shape index (κ1) is 9.27. The zero-order valence-electron chi connectivity index (χ0n) is 7.33. The minimum atomic E-state index is -0.994. The number of aromatic nitrogens is 1. The van der Waals surface area contributed by atoms with E-state index in [4.69, 9.17) is 16.7 Å². The zero-order chi connectivity index (χ0) is 10.1. The lowest BCUT2D eigenvalue weighted by atomic mass is 10.2. The monoisotopic (exact) mass is 212 g/mol. The van der Waals surface area contributed by atoms with E-state index in [1.54, 1.807) is 6.20 Å². The van der Waals surface area contributed by atoms with Crippen LogP contribution < -0.4 is 5.32 Å². The number of carbonyl (C=O) groups is 1. The van der Waals surface area contributed by atoms with Gasteiger partial charge in [0.1, 0.15) is 5.15 Å². The molecular formula is C9H9ClN2O2. The van der Waals surface area contributed by atoms with Crippen molar-refractivity contribution in [3.05, 3.63) is 28.5 Å². The standard InChI is InChI=1S/C9H9ClN2O2/c10-8-7-4-6(12-9(13)14)3-5(7)1-2-11-8/h1-2,6,12H,3-4H2,(H,13,14). The lowest BCUT2D eigenvalue weighted by molar-refractivity contribution is 0.190. The Labute approximate surface area is 85.9 Å². The molecule has 0 radical (unpaired) electrons. The van der Waals surface area contributed by atoms with E-state index < -0.39 is 6.09 Å². The Morgan fingerprint density at radius 2 is 2.43 bits per heavy atom. The van der Waals surface area contributed by atoms with Crippen LogP contribution in [0.3, 0.4) is 0 Å². The van der Waals surface area contributed by atoms with Gasteiger partial charge in [-0.15, -0.1) is 0 Å². The summed E-state index contributed by atoms with van der Waals surface area (Å²) < 4.78 is 0. The van der Waals surface area contributed by atoms with Gasteiger partial charge in [0.15, 0.2) is 0 Å².